The Kier molecular flexibility index (Phi) is 3.35. The first-order valence-corrected chi connectivity index (χ1v) is 6.63. The highest BCUT2D eigenvalue weighted by molar-refractivity contribution is 6.03. The first kappa shape index (κ1) is 13.2. The quantitative estimate of drug-likeness (QED) is 0.908. The Hall–Kier alpha value is -2.76. The van der Waals surface area contributed by atoms with Gasteiger partial charge in [-0.3, -0.25) is 14.6 Å². The van der Waals surface area contributed by atoms with Crippen LogP contribution in [-0.4, -0.2) is 28.3 Å². The number of hydrogen-bond donors (Lipinski definition) is 1. The number of carbonyl (C=O) groups excluding carboxylic acids is 2. The van der Waals surface area contributed by atoms with Gasteiger partial charge in [0.05, 0.1) is 6.20 Å². The summed E-state index contributed by atoms with van der Waals surface area (Å²) >= 11 is 0. The molecule has 0 unspecified atom stereocenters. The molecule has 1 aliphatic rings. The number of nitrogens with zero attached hydrogens (tertiary/aromatic N) is 3. The standard InChI is InChI=1S/C15H14N4O2/c1-10(20)19-7-4-11-8-12(2-3-14(11)19)18-15(21)13-9-16-5-6-17-13/h2-3,5-6,8-9H,4,7H2,1H3,(H,18,21). The minimum Gasteiger partial charge on any atom is -0.321 e. The van der Waals surface area contributed by atoms with Gasteiger partial charge in [-0.25, -0.2) is 4.98 Å². The normalized spacial score (nSPS) is 12.9. The Labute approximate surface area is 121 Å². The van der Waals surface area contributed by atoms with E-state index in [0.29, 0.717) is 12.2 Å². The van der Waals surface area contributed by atoms with Crippen molar-refractivity contribution in [3.05, 3.63) is 48.0 Å². The summed E-state index contributed by atoms with van der Waals surface area (Å²) < 4.78 is 0. The highest BCUT2D eigenvalue weighted by Gasteiger charge is 2.22. The fourth-order valence-corrected chi connectivity index (χ4v) is 2.42. The van der Waals surface area contributed by atoms with Gasteiger partial charge in [-0.05, 0) is 30.2 Å². The predicted octanol–water partition coefficient (Wildman–Crippen LogP) is 1.64. The lowest BCUT2D eigenvalue weighted by atomic mass is 10.1. The molecule has 0 saturated carbocycles. The second kappa shape index (κ2) is 5.32. The molecule has 0 spiro atoms. The van der Waals surface area contributed by atoms with Gasteiger partial charge in [0.1, 0.15) is 5.69 Å². The van der Waals surface area contributed by atoms with Gasteiger partial charge in [0.15, 0.2) is 0 Å². The number of rotatable bonds is 2. The summed E-state index contributed by atoms with van der Waals surface area (Å²) in [5.74, 6) is -0.269. The van der Waals surface area contributed by atoms with Crippen molar-refractivity contribution in [2.24, 2.45) is 0 Å². The van der Waals surface area contributed by atoms with Crippen LogP contribution in [0.4, 0.5) is 11.4 Å². The molecule has 0 radical (unpaired) electrons. The maximum Gasteiger partial charge on any atom is 0.275 e. The van der Waals surface area contributed by atoms with Crippen molar-refractivity contribution < 1.29 is 9.59 Å². The van der Waals surface area contributed by atoms with Crippen molar-refractivity contribution in [3.8, 4) is 0 Å². The monoisotopic (exact) mass is 282 g/mol. The number of amides is 2. The third-order valence-corrected chi connectivity index (χ3v) is 3.41. The first-order valence-electron chi connectivity index (χ1n) is 6.63. The molecule has 0 fully saturated rings. The van der Waals surface area contributed by atoms with Crippen molar-refractivity contribution in [1.82, 2.24) is 9.97 Å². The summed E-state index contributed by atoms with van der Waals surface area (Å²) in [6, 6.07) is 5.54. The summed E-state index contributed by atoms with van der Waals surface area (Å²) in [7, 11) is 0. The van der Waals surface area contributed by atoms with Crippen LogP contribution in [-0.2, 0) is 11.2 Å². The zero-order valence-corrected chi connectivity index (χ0v) is 11.5. The number of carbonyl (C=O) groups is 2. The molecule has 0 aliphatic carbocycles. The molecule has 2 aromatic rings. The van der Waals surface area contributed by atoms with Gasteiger partial charge in [0, 0.05) is 37.2 Å². The molecule has 1 aliphatic heterocycles. The van der Waals surface area contributed by atoms with E-state index in [1.54, 1.807) is 17.9 Å². The lowest BCUT2D eigenvalue weighted by molar-refractivity contribution is -0.116. The van der Waals surface area contributed by atoms with Crippen LogP contribution < -0.4 is 10.2 Å². The Morgan fingerprint density at radius 1 is 1.29 bits per heavy atom. The highest BCUT2D eigenvalue weighted by Crippen LogP contribution is 2.30. The summed E-state index contributed by atoms with van der Waals surface area (Å²) in [5, 5.41) is 2.79. The zero-order chi connectivity index (χ0) is 14.8. The molecule has 0 bridgehead atoms. The van der Waals surface area contributed by atoms with Gasteiger partial charge in [-0.15, -0.1) is 0 Å². The molecule has 6 heteroatoms. The topological polar surface area (TPSA) is 75.2 Å². The van der Waals surface area contributed by atoms with Crippen LogP contribution in [0, 0.1) is 0 Å². The van der Waals surface area contributed by atoms with Crippen LogP contribution in [0.3, 0.4) is 0 Å². The van der Waals surface area contributed by atoms with E-state index in [9.17, 15) is 9.59 Å². The smallest absolute Gasteiger partial charge is 0.275 e. The molecule has 2 heterocycles. The fourth-order valence-electron chi connectivity index (χ4n) is 2.42. The van der Waals surface area contributed by atoms with Crippen LogP contribution in [0.2, 0.25) is 0 Å². The summed E-state index contributed by atoms with van der Waals surface area (Å²) in [5.41, 5.74) is 2.93. The largest absolute Gasteiger partial charge is 0.321 e. The van der Waals surface area contributed by atoms with Crippen LogP contribution in [0.1, 0.15) is 23.0 Å². The summed E-state index contributed by atoms with van der Waals surface area (Å²) in [4.78, 5) is 33.1. The first-order chi connectivity index (χ1) is 10.1. The maximum atomic E-state index is 12.0. The molecule has 0 atom stereocenters. The molecule has 106 valence electrons. The van der Waals surface area contributed by atoms with Crippen molar-refractivity contribution >= 4 is 23.2 Å². The number of aromatic nitrogens is 2. The summed E-state index contributed by atoms with van der Waals surface area (Å²) in [6.45, 7) is 2.24. The average Bonchev–Trinajstić information content (AvgIpc) is 2.91. The van der Waals surface area contributed by atoms with E-state index in [-0.39, 0.29) is 17.5 Å². The lowest BCUT2D eigenvalue weighted by Crippen LogP contribution is -2.25. The van der Waals surface area contributed by atoms with E-state index in [1.807, 2.05) is 12.1 Å². The molecule has 2 amide bonds. The molecular weight excluding hydrogens is 268 g/mol. The number of benzene rings is 1. The molecule has 6 nitrogen and oxygen atoms in total. The van der Waals surface area contributed by atoms with Crippen LogP contribution >= 0.6 is 0 Å². The number of fused-ring (bicyclic) bond motifs is 1. The van der Waals surface area contributed by atoms with E-state index in [4.69, 9.17) is 0 Å². The second-order valence-corrected chi connectivity index (χ2v) is 4.81. The molecule has 1 aromatic carbocycles. The van der Waals surface area contributed by atoms with Crippen molar-refractivity contribution in [2.75, 3.05) is 16.8 Å². The van der Waals surface area contributed by atoms with Gasteiger partial charge in [-0.1, -0.05) is 0 Å². The Balaban J connectivity index is 1.80. The van der Waals surface area contributed by atoms with Gasteiger partial charge >= 0.3 is 0 Å². The average molecular weight is 282 g/mol. The van der Waals surface area contributed by atoms with Crippen LogP contribution in [0.5, 0.6) is 0 Å². The molecule has 21 heavy (non-hydrogen) atoms. The molecule has 1 aromatic heterocycles. The Morgan fingerprint density at radius 2 is 2.14 bits per heavy atom. The van der Waals surface area contributed by atoms with Gasteiger partial charge < -0.3 is 10.2 Å². The molecular formula is C15H14N4O2. The highest BCUT2D eigenvalue weighted by atomic mass is 16.2. The van der Waals surface area contributed by atoms with E-state index in [1.165, 1.54) is 18.6 Å². The van der Waals surface area contributed by atoms with E-state index < -0.39 is 0 Å². The minimum absolute atomic E-state index is 0.0325. The SMILES string of the molecule is CC(=O)N1CCc2cc(NC(=O)c3cnccn3)ccc21. The Bertz CT molecular complexity index is 700. The Morgan fingerprint density at radius 3 is 2.86 bits per heavy atom. The van der Waals surface area contributed by atoms with Crippen molar-refractivity contribution in [1.29, 1.82) is 0 Å². The van der Waals surface area contributed by atoms with Gasteiger partial charge in [0.2, 0.25) is 5.91 Å². The third-order valence-electron chi connectivity index (χ3n) is 3.41. The van der Waals surface area contributed by atoms with E-state index in [0.717, 1.165) is 17.7 Å². The van der Waals surface area contributed by atoms with Gasteiger partial charge in [0.25, 0.3) is 5.91 Å². The minimum atomic E-state index is -0.301. The molecule has 1 N–H and O–H groups in total. The third kappa shape index (κ3) is 2.60. The van der Waals surface area contributed by atoms with Crippen molar-refractivity contribution in [2.45, 2.75) is 13.3 Å². The van der Waals surface area contributed by atoms with E-state index >= 15 is 0 Å². The van der Waals surface area contributed by atoms with Crippen LogP contribution in [0.25, 0.3) is 0 Å². The number of nitrogens with one attached hydrogen (secondary N) is 1. The maximum absolute atomic E-state index is 12.0. The predicted molar refractivity (Wildman–Crippen MR) is 78.2 cm³/mol. The molecule has 0 saturated heterocycles. The zero-order valence-electron chi connectivity index (χ0n) is 11.5. The lowest BCUT2D eigenvalue weighted by Gasteiger charge is -2.15. The van der Waals surface area contributed by atoms with Crippen molar-refractivity contribution in [3.63, 3.8) is 0 Å². The second-order valence-electron chi connectivity index (χ2n) is 4.81. The number of anilines is 2. The van der Waals surface area contributed by atoms with Gasteiger partial charge in [-0.2, -0.15) is 0 Å². The summed E-state index contributed by atoms with van der Waals surface area (Å²) in [6.07, 6.45) is 5.20. The fraction of sp³-hybridized carbons (Fsp3) is 0.200. The van der Waals surface area contributed by atoms with E-state index in [2.05, 4.69) is 15.3 Å². The molecule has 3 rings (SSSR count). The van der Waals surface area contributed by atoms with Crippen LogP contribution in [0.15, 0.2) is 36.8 Å². The number of hydrogen-bond acceptors (Lipinski definition) is 4.